The first-order valence-corrected chi connectivity index (χ1v) is 13.4. The molecule has 0 bridgehead atoms. The average Bonchev–Trinajstić information content (AvgIpc) is 2.87. The number of hydrogen-bond donors (Lipinski definition) is 0. The first kappa shape index (κ1) is 26.3. The summed E-state index contributed by atoms with van der Waals surface area (Å²) >= 11 is 0. The summed E-state index contributed by atoms with van der Waals surface area (Å²) in [5.41, 5.74) is 3.03. The lowest BCUT2D eigenvalue weighted by Gasteiger charge is -2.33. The number of rotatable bonds is 4. The van der Waals surface area contributed by atoms with Crippen LogP contribution in [-0.2, 0) is 22.7 Å². The highest BCUT2D eigenvalue weighted by atomic mass is 16.2. The number of carbonyl (C=O) groups excluding carboxylic acids is 2. The molecule has 1 aromatic carbocycles. The Morgan fingerprint density at radius 3 is 2.36 bits per heavy atom. The molecule has 2 amide bonds. The van der Waals surface area contributed by atoms with E-state index in [1.165, 1.54) is 0 Å². The van der Waals surface area contributed by atoms with Gasteiger partial charge in [-0.3, -0.25) is 19.5 Å². The fraction of sp³-hybridized carbons (Fsp3) is 0.552. The van der Waals surface area contributed by atoms with E-state index in [0.29, 0.717) is 25.4 Å². The minimum absolute atomic E-state index is 0.0417. The maximum Gasteiger partial charge on any atom is 0.223 e. The average molecular weight is 492 g/mol. The molecule has 0 unspecified atom stereocenters. The molecule has 0 spiro atoms. The Kier molecular flexibility index (Phi) is 9.47. The number of aromatic nitrogens is 1. The van der Waals surface area contributed by atoms with Crippen molar-refractivity contribution in [3.63, 3.8) is 0 Å². The second-order valence-corrected chi connectivity index (χ2v) is 10.4. The van der Waals surface area contributed by atoms with Crippen LogP contribution in [0.5, 0.6) is 0 Å². The van der Waals surface area contributed by atoms with Gasteiger partial charge < -0.3 is 14.7 Å². The van der Waals surface area contributed by atoms with Crippen LogP contribution in [0.4, 0.5) is 5.69 Å². The lowest BCUT2D eigenvalue weighted by atomic mass is 9.93. The standard InChI is InChI=1S/C29H41N5O2/c1-24(35)34-18-8-16-32(23-27-10-5-6-14-30-27)15-7-17-33(22-26-9-3-4-11-28(26)34)29(36)21-25-12-19-31(2)20-13-25/h3-6,9-11,14,25H,7-8,12-13,15-23H2,1-2H3. The molecule has 0 saturated carbocycles. The number of nitrogens with zero attached hydrogens (tertiary/aromatic N) is 5. The van der Waals surface area contributed by atoms with Crippen molar-refractivity contribution in [2.75, 3.05) is 51.2 Å². The molecule has 1 saturated heterocycles. The summed E-state index contributed by atoms with van der Waals surface area (Å²) in [6, 6.07) is 14.1. The van der Waals surface area contributed by atoms with Crippen LogP contribution in [0.15, 0.2) is 48.7 Å². The van der Waals surface area contributed by atoms with Crippen molar-refractivity contribution >= 4 is 17.5 Å². The van der Waals surface area contributed by atoms with Crippen molar-refractivity contribution in [3.05, 3.63) is 59.9 Å². The van der Waals surface area contributed by atoms with Gasteiger partial charge in [0, 0.05) is 64.5 Å². The van der Waals surface area contributed by atoms with Gasteiger partial charge in [-0.2, -0.15) is 0 Å². The van der Waals surface area contributed by atoms with Gasteiger partial charge in [-0.1, -0.05) is 24.3 Å². The monoisotopic (exact) mass is 491 g/mol. The molecule has 0 N–H and O–H groups in total. The van der Waals surface area contributed by atoms with E-state index in [1.54, 1.807) is 6.92 Å². The van der Waals surface area contributed by atoms with Crippen LogP contribution in [0.3, 0.4) is 0 Å². The normalized spacial score (nSPS) is 19.3. The van der Waals surface area contributed by atoms with Crippen LogP contribution < -0.4 is 4.90 Å². The third-order valence-corrected chi connectivity index (χ3v) is 7.55. The van der Waals surface area contributed by atoms with E-state index in [1.807, 2.05) is 46.3 Å². The molecule has 1 fully saturated rings. The molecule has 3 heterocycles. The van der Waals surface area contributed by atoms with Gasteiger partial charge in [-0.05, 0) is 75.5 Å². The molecule has 7 nitrogen and oxygen atoms in total. The summed E-state index contributed by atoms with van der Waals surface area (Å²) in [6.45, 7) is 8.26. The van der Waals surface area contributed by atoms with E-state index in [4.69, 9.17) is 0 Å². The van der Waals surface area contributed by atoms with Crippen molar-refractivity contribution in [2.24, 2.45) is 5.92 Å². The number of piperidine rings is 1. The second kappa shape index (κ2) is 13.0. The number of fused-ring (bicyclic) bond motifs is 1. The quantitative estimate of drug-likeness (QED) is 0.651. The van der Waals surface area contributed by atoms with Gasteiger partial charge in [-0.25, -0.2) is 0 Å². The number of hydrogen-bond acceptors (Lipinski definition) is 5. The number of benzene rings is 1. The predicted molar refractivity (Wildman–Crippen MR) is 143 cm³/mol. The molecule has 7 heteroatoms. The predicted octanol–water partition coefficient (Wildman–Crippen LogP) is 3.79. The number of pyridine rings is 1. The zero-order valence-corrected chi connectivity index (χ0v) is 21.9. The fourth-order valence-corrected chi connectivity index (χ4v) is 5.42. The summed E-state index contributed by atoms with van der Waals surface area (Å²) in [4.78, 5) is 39.4. The van der Waals surface area contributed by atoms with Gasteiger partial charge in [0.15, 0.2) is 0 Å². The van der Waals surface area contributed by atoms with Crippen LogP contribution in [0, 0.1) is 5.92 Å². The summed E-state index contributed by atoms with van der Waals surface area (Å²) in [5.74, 6) is 0.738. The van der Waals surface area contributed by atoms with Gasteiger partial charge in [0.25, 0.3) is 0 Å². The molecule has 2 aromatic rings. The summed E-state index contributed by atoms with van der Waals surface area (Å²) in [6.07, 6.45) is 6.43. The molecular weight excluding hydrogens is 450 g/mol. The third kappa shape index (κ3) is 7.37. The lowest BCUT2D eigenvalue weighted by Crippen LogP contribution is -2.39. The maximum absolute atomic E-state index is 13.6. The molecule has 194 valence electrons. The van der Waals surface area contributed by atoms with E-state index in [9.17, 15) is 9.59 Å². The molecule has 36 heavy (non-hydrogen) atoms. The minimum atomic E-state index is 0.0417. The highest BCUT2D eigenvalue weighted by Gasteiger charge is 2.25. The van der Waals surface area contributed by atoms with Crippen LogP contribution in [0.25, 0.3) is 0 Å². The molecule has 0 radical (unpaired) electrons. The zero-order valence-electron chi connectivity index (χ0n) is 21.9. The van der Waals surface area contributed by atoms with Crippen LogP contribution >= 0.6 is 0 Å². The zero-order chi connectivity index (χ0) is 25.3. The molecule has 4 rings (SSSR count). The van der Waals surface area contributed by atoms with Crippen molar-refractivity contribution in [1.29, 1.82) is 0 Å². The third-order valence-electron chi connectivity index (χ3n) is 7.55. The molecule has 2 aliphatic heterocycles. The van der Waals surface area contributed by atoms with Gasteiger partial charge in [0.2, 0.25) is 11.8 Å². The van der Waals surface area contributed by atoms with Gasteiger partial charge in [-0.15, -0.1) is 0 Å². The van der Waals surface area contributed by atoms with Crippen molar-refractivity contribution in [1.82, 2.24) is 19.7 Å². The highest BCUT2D eigenvalue weighted by molar-refractivity contribution is 5.92. The first-order chi connectivity index (χ1) is 17.5. The second-order valence-electron chi connectivity index (χ2n) is 10.4. The van der Waals surface area contributed by atoms with E-state index < -0.39 is 0 Å². The van der Waals surface area contributed by atoms with E-state index in [2.05, 4.69) is 34.0 Å². The molecule has 0 atom stereocenters. The molecule has 1 aromatic heterocycles. The summed E-state index contributed by atoms with van der Waals surface area (Å²) < 4.78 is 0. The summed E-state index contributed by atoms with van der Waals surface area (Å²) in [7, 11) is 2.16. The maximum atomic E-state index is 13.6. The lowest BCUT2D eigenvalue weighted by molar-refractivity contribution is -0.133. The van der Waals surface area contributed by atoms with Crippen LogP contribution in [0.2, 0.25) is 0 Å². The Morgan fingerprint density at radius 2 is 1.64 bits per heavy atom. The van der Waals surface area contributed by atoms with Crippen LogP contribution in [0.1, 0.15) is 50.3 Å². The Bertz CT molecular complexity index is 990. The fourth-order valence-electron chi connectivity index (χ4n) is 5.42. The Morgan fingerprint density at radius 1 is 0.917 bits per heavy atom. The molecule has 0 aliphatic carbocycles. The molecule has 2 aliphatic rings. The number of anilines is 1. The smallest absolute Gasteiger partial charge is 0.223 e. The van der Waals surface area contributed by atoms with Crippen molar-refractivity contribution in [3.8, 4) is 0 Å². The number of likely N-dealkylation sites (tertiary alicyclic amines) is 1. The number of carbonyl (C=O) groups is 2. The van der Waals surface area contributed by atoms with Crippen molar-refractivity contribution < 1.29 is 9.59 Å². The van der Waals surface area contributed by atoms with E-state index in [0.717, 1.165) is 81.9 Å². The Balaban J connectivity index is 1.53. The largest absolute Gasteiger partial charge is 0.338 e. The van der Waals surface area contributed by atoms with Gasteiger partial charge in [0.1, 0.15) is 0 Å². The first-order valence-electron chi connectivity index (χ1n) is 13.4. The topological polar surface area (TPSA) is 60.0 Å². The SMILES string of the molecule is CC(=O)N1CCCN(Cc2ccccn2)CCCN(C(=O)CC2CCN(C)CC2)Cc2ccccc21. The van der Waals surface area contributed by atoms with E-state index in [-0.39, 0.29) is 11.8 Å². The summed E-state index contributed by atoms with van der Waals surface area (Å²) in [5, 5.41) is 0. The van der Waals surface area contributed by atoms with Crippen LogP contribution in [-0.4, -0.2) is 77.8 Å². The highest BCUT2D eigenvalue weighted by Crippen LogP contribution is 2.26. The van der Waals surface area contributed by atoms with Gasteiger partial charge in [0.05, 0.1) is 5.69 Å². The number of amides is 2. The number of para-hydroxylation sites is 1. The minimum Gasteiger partial charge on any atom is -0.338 e. The van der Waals surface area contributed by atoms with Gasteiger partial charge >= 0.3 is 0 Å². The Labute approximate surface area is 216 Å². The Hall–Kier alpha value is -2.77. The van der Waals surface area contributed by atoms with Crippen molar-refractivity contribution in [2.45, 2.75) is 52.1 Å². The molecular formula is C29H41N5O2. The van der Waals surface area contributed by atoms with E-state index >= 15 is 0 Å².